The number of carboxylic acids is 1. The van der Waals surface area contributed by atoms with Crippen molar-refractivity contribution in [2.24, 2.45) is 0 Å². The van der Waals surface area contributed by atoms with Gasteiger partial charge >= 0.3 is 18.2 Å². The van der Waals surface area contributed by atoms with Crippen LogP contribution in [0, 0.1) is 0 Å². The second-order valence-corrected chi connectivity index (χ2v) is 7.85. The average Bonchev–Trinajstić information content (AvgIpc) is 2.59. The number of ether oxygens (including phenoxy) is 2. The molecule has 1 saturated heterocycles. The molecule has 2 amide bonds. The maximum Gasteiger partial charge on any atom is 0.410 e. The number of benzene rings is 1. The summed E-state index contributed by atoms with van der Waals surface area (Å²) in [4.78, 5) is 37.1. The van der Waals surface area contributed by atoms with Crippen molar-refractivity contribution in [3.05, 3.63) is 35.9 Å². The third-order valence-electron chi connectivity index (χ3n) is 4.29. The van der Waals surface area contributed by atoms with Crippen LogP contribution in [-0.4, -0.2) is 52.4 Å². The first-order chi connectivity index (χ1) is 13.1. The molecule has 0 radical (unpaired) electrons. The Bertz CT molecular complexity index is 686. The Kier molecular flexibility index (Phi) is 7.25. The van der Waals surface area contributed by atoms with E-state index in [0.29, 0.717) is 19.4 Å². The number of aliphatic carboxylic acids is 1. The van der Waals surface area contributed by atoms with E-state index < -0.39 is 29.8 Å². The van der Waals surface area contributed by atoms with Crippen LogP contribution in [0.5, 0.6) is 0 Å². The highest BCUT2D eigenvalue weighted by Crippen LogP contribution is 2.23. The first-order valence-electron chi connectivity index (χ1n) is 9.32. The zero-order chi connectivity index (χ0) is 20.7. The number of piperidine rings is 1. The van der Waals surface area contributed by atoms with Gasteiger partial charge in [0.15, 0.2) is 0 Å². The van der Waals surface area contributed by atoms with Gasteiger partial charge in [0, 0.05) is 18.6 Å². The van der Waals surface area contributed by atoms with Crippen molar-refractivity contribution in [3.63, 3.8) is 0 Å². The second kappa shape index (κ2) is 9.43. The Labute approximate surface area is 164 Å². The van der Waals surface area contributed by atoms with Crippen molar-refractivity contribution >= 4 is 18.2 Å². The Hall–Kier alpha value is -2.77. The van der Waals surface area contributed by atoms with E-state index >= 15 is 0 Å². The van der Waals surface area contributed by atoms with Crippen molar-refractivity contribution in [1.29, 1.82) is 0 Å². The van der Waals surface area contributed by atoms with Crippen LogP contribution in [0.4, 0.5) is 9.59 Å². The highest BCUT2D eigenvalue weighted by molar-refractivity contribution is 5.72. The predicted molar refractivity (Wildman–Crippen MR) is 102 cm³/mol. The summed E-state index contributed by atoms with van der Waals surface area (Å²) in [5, 5.41) is 12.0. The molecule has 0 aliphatic carbocycles. The van der Waals surface area contributed by atoms with Gasteiger partial charge in [-0.25, -0.2) is 9.59 Å². The van der Waals surface area contributed by atoms with Gasteiger partial charge in [-0.1, -0.05) is 30.3 Å². The number of likely N-dealkylation sites (tertiary alicyclic amines) is 1. The van der Waals surface area contributed by atoms with Crippen LogP contribution in [0.3, 0.4) is 0 Å². The fraction of sp³-hybridized carbons (Fsp3) is 0.550. The van der Waals surface area contributed by atoms with E-state index in [0.717, 1.165) is 5.56 Å². The number of nitrogens with one attached hydrogen (secondary N) is 1. The van der Waals surface area contributed by atoms with Gasteiger partial charge < -0.3 is 24.8 Å². The summed E-state index contributed by atoms with van der Waals surface area (Å²) in [6.45, 7) is 5.73. The SMILES string of the molecule is CC(C)(C)OC(=O)N1CC[C@H](NC(=O)OCc2ccccc2)C[C@H]1CC(=O)O. The molecule has 2 rings (SSSR count). The number of amides is 2. The minimum absolute atomic E-state index is 0.155. The summed E-state index contributed by atoms with van der Waals surface area (Å²) >= 11 is 0. The topological polar surface area (TPSA) is 105 Å². The number of hydrogen-bond donors (Lipinski definition) is 2. The van der Waals surface area contributed by atoms with Crippen LogP contribution >= 0.6 is 0 Å². The summed E-state index contributed by atoms with van der Waals surface area (Å²) in [5.74, 6) is -1.01. The summed E-state index contributed by atoms with van der Waals surface area (Å²) in [6.07, 6.45) is -0.490. The lowest BCUT2D eigenvalue weighted by atomic mass is 9.95. The van der Waals surface area contributed by atoms with Gasteiger partial charge in [0.2, 0.25) is 0 Å². The first-order valence-corrected chi connectivity index (χ1v) is 9.32. The maximum absolute atomic E-state index is 12.4. The number of rotatable bonds is 5. The monoisotopic (exact) mass is 392 g/mol. The molecular formula is C20H28N2O6. The van der Waals surface area contributed by atoms with Crippen LogP contribution in [-0.2, 0) is 20.9 Å². The van der Waals surface area contributed by atoms with Gasteiger partial charge in [-0.3, -0.25) is 4.79 Å². The lowest BCUT2D eigenvalue weighted by molar-refractivity contribution is -0.138. The number of carbonyl (C=O) groups is 3. The first kappa shape index (κ1) is 21.5. The standard InChI is InChI=1S/C20H28N2O6/c1-20(2,3)28-19(26)22-10-9-15(11-16(22)12-17(23)24)21-18(25)27-13-14-7-5-4-6-8-14/h4-8,15-16H,9-13H2,1-3H3,(H,21,25)(H,23,24)/t15-,16-/m0/s1. The molecule has 0 spiro atoms. The fourth-order valence-electron chi connectivity index (χ4n) is 3.07. The summed E-state index contributed by atoms with van der Waals surface area (Å²) in [7, 11) is 0. The quantitative estimate of drug-likeness (QED) is 0.797. The molecule has 0 bridgehead atoms. The van der Waals surface area contributed by atoms with Gasteiger partial charge in [0.25, 0.3) is 0 Å². The van der Waals surface area contributed by atoms with E-state index in [-0.39, 0.29) is 19.1 Å². The van der Waals surface area contributed by atoms with Crippen LogP contribution < -0.4 is 5.32 Å². The molecule has 8 heteroatoms. The molecule has 8 nitrogen and oxygen atoms in total. The molecule has 1 aliphatic rings. The average molecular weight is 392 g/mol. The third kappa shape index (κ3) is 7.09. The molecular weight excluding hydrogens is 364 g/mol. The Morgan fingerprint density at radius 1 is 1.21 bits per heavy atom. The number of alkyl carbamates (subject to hydrolysis) is 1. The van der Waals surface area contributed by atoms with Gasteiger partial charge in [0.1, 0.15) is 12.2 Å². The molecule has 2 N–H and O–H groups in total. The van der Waals surface area contributed by atoms with Gasteiger partial charge in [-0.15, -0.1) is 0 Å². The van der Waals surface area contributed by atoms with E-state index in [1.165, 1.54) is 4.90 Å². The van der Waals surface area contributed by atoms with Crippen molar-refractivity contribution in [2.45, 2.75) is 64.3 Å². The molecule has 154 valence electrons. The normalized spacial score (nSPS) is 19.6. The lowest BCUT2D eigenvalue weighted by Gasteiger charge is -2.39. The third-order valence-corrected chi connectivity index (χ3v) is 4.29. The van der Waals surface area contributed by atoms with Crippen molar-refractivity contribution < 1.29 is 29.0 Å². The van der Waals surface area contributed by atoms with Gasteiger partial charge in [-0.05, 0) is 39.2 Å². The predicted octanol–water partition coefficient (Wildman–Crippen LogP) is 3.16. The smallest absolute Gasteiger partial charge is 0.410 e. The van der Waals surface area contributed by atoms with Crippen molar-refractivity contribution in [1.82, 2.24) is 10.2 Å². The molecule has 1 aliphatic heterocycles. The Morgan fingerprint density at radius 2 is 1.89 bits per heavy atom. The van der Waals surface area contributed by atoms with E-state index in [1.807, 2.05) is 30.3 Å². The molecule has 1 fully saturated rings. The number of carbonyl (C=O) groups excluding carboxylic acids is 2. The Morgan fingerprint density at radius 3 is 2.50 bits per heavy atom. The molecule has 1 aromatic carbocycles. The Balaban J connectivity index is 1.91. The highest BCUT2D eigenvalue weighted by Gasteiger charge is 2.36. The number of carboxylic acid groups (broad SMARTS) is 1. The molecule has 0 saturated carbocycles. The zero-order valence-electron chi connectivity index (χ0n) is 16.5. The zero-order valence-corrected chi connectivity index (χ0v) is 16.5. The van der Waals surface area contributed by atoms with Crippen LogP contribution in [0.25, 0.3) is 0 Å². The summed E-state index contributed by atoms with van der Waals surface area (Å²) < 4.78 is 10.6. The summed E-state index contributed by atoms with van der Waals surface area (Å²) in [5.41, 5.74) is 0.211. The largest absolute Gasteiger partial charge is 0.481 e. The van der Waals surface area contributed by atoms with E-state index in [9.17, 15) is 19.5 Å². The summed E-state index contributed by atoms with van der Waals surface area (Å²) in [6, 6.07) is 8.49. The molecule has 2 atom stereocenters. The molecule has 0 unspecified atom stereocenters. The number of hydrogen-bond acceptors (Lipinski definition) is 5. The van der Waals surface area contributed by atoms with Crippen molar-refractivity contribution in [2.75, 3.05) is 6.54 Å². The lowest BCUT2D eigenvalue weighted by Crippen LogP contribution is -2.53. The minimum Gasteiger partial charge on any atom is -0.481 e. The highest BCUT2D eigenvalue weighted by atomic mass is 16.6. The number of nitrogens with zero attached hydrogens (tertiary/aromatic N) is 1. The molecule has 1 heterocycles. The van der Waals surface area contributed by atoms with Crippen LogP contribution in [0.2, 0.25) is 0 Å². The molecule has 0 aromatic heterocycles. The van der Waals surface area contributed by atoms with E-state index in [2.05, 4.69) is 5.32 Å². The fourth-order valence-corrected chi connectivity index (χ4v) is 3.07. The second-order valence-electron chi connectivity index (χ2n) is 7.85. The van der Waals surface area contributed by atoms with Gasteiger partial charge in [0.05, 0.1) is 6.42 Å². The van der Waals surface area contributed by atoms with E-state index in [4.69, 9.17) is 9.47 Å². The van der Waals surface area contributed by atoms with E-state index in [1.54, 1.807) is 20.8 Å². The molecule has 28 heavy (non-hydrogen) atoms. The van der Waals surface area contributed by atoms with Gasteiger partial charge in [-0.2, -0.15) is 0 Å². The molecule has 1 aromatic rings. The minimum atomic E-state index is -1.01. The maximum atomic E-state index is 12.4. The van der Waals surface area contributed by atoms with Crippen molar-refractivity contribution in [3.8, 4) is 0 Å². The van der Waals surface area contributed by atoms with Crippen LogP contribution in [0.15, 0.2) is 30.3 Å². The van der Waals surface area contributed by atoms with Crippen LogP contribution in [0.1, 0.15) is 45.6 Å².